The number of nitro groups is 1. The van der Waals surface area contributed by atoms with Gasteiger partial charge in [-0.25, -0.2) is 0 Å². The van der Waals surface area contributed by atoms with E-state index in [4.69, 9.17) is 9.47 Å². The fraction of sp³-hybridized carbons (Fsp3) is 0.167. The first kappa shape index (κ1) is 23.3. The van der Waals surface area contributed by atoms with Crippen molar-refractivity contribution in [1.29, 1.82) is 0 Å². The number of non-ortho nitro benzene ring substituents is 1. The first-order chi connectivity index (χ1) is 15.9. The van der Waals surface area contributed by atoms with Gasteiger partial charge >= 0.3 is 5.97 Å². The molecule has 0 radical (unpaired) electrons. The predicted octanol–water partition coefficient (Wildman–Crippen LogP) is 4.31. The average Bonchev–Trinajstić information content (AvgIpc) is 2.83. The number of amides is 1. The van der Waals surface area contributed by atoms with E-state index >= 15 is 0 Å². The number of esters is 1. The maximum atomic E-state index is 12.7. The minimum absolute atomic E-state index is 0.106. The van der Waals surface area contributed by atoms with Crippen molar-refractivity contribution in [1.82, 2.24) is 0 Å². The minimum Gasteiger partial charge on any atom is -0.495 e. The Bertz CT molecular complexity index is 1080. The van der Waals surface area contributed by atoms with Crippen molar-refractivity contribution in [2.75, 3.05) is 23.9 Å². The third-order valence-electron chi connectivity index (χ3n) is 4.75. The lowest BCUT2D eigenvalue weighted by Gasteiger charge is -2.24. The van der Waals surface area contributed by atoms with Crippen LogP contribution in [0.2, 0.25) is 0 Å². The second-order valence-electron chi connectivity index (χ2n) is 7.02. The van der Waals surface area contributed by atoms with E-state index in [1.807, 2.05) is 60.7 Å². The first-order valence-electron chi connectivity index (χ1n) is 10.1. The Kier molecular flexibility index (Phi) is 7.59. The Balaban J connectivity index is 1.70. The molecule has 0 aliphatic rings. The lowest BCUT2D eigenvalue weighted by atomic mass is 10.2. The SMILES string of the molecule is COc1ccc([N+](=O)[O-])cc1NC(=O)C(C)OC(=O)CN(c1ccccc1)c1ccccc1. The van der Waals surface area contributed by atoms with Crippen LogP contribution >= 0.6 is 0 Å². The second kappa shape index (κ2) is 10.8. The van der Waals surface area contributed by atoms with Gasteiger partial charge in [0.15, 0.2) is 6.10 Å². The van der Waals surface area contributed by atoms with Gasteiger partial charge in [-0.3, -0.25) is 19.7 Å². The van der Waals surface area contributed by atoms with Crippen molar-refractivity contribution in [3.8, 4) is 5.75 Å². The molecular formula is C24H23N3O6. The normalized spacial score (nSPS) is 11.2. The van der Waals surface area contributed by atoms with Gasteiger partial charge < -0.3 is 19.7 Å². The maximum absolute atomic E-state index is 12.7. The Labute approximate surface area is 190 Å². The zero-order valence-corrected chi connectivity index (χ0v) is 18.1. The monoisotopic (exact) mass is 449 g/mol. The van der Waals surface area contributed by atoms with E-state index < -0.39 is 22.9 Å². The molecule has 0 aromatic heterocycles. The molecule has 0 heterocycles. The largest absolute Gasteiger partial charge is 0.495 e. The highest BCUT2D eigenvalue weighted by Gasteiger charge is 2.23. The number of nitrogens with zero attached hydrogens (tertiary/aromatic N) is 2. The third-order valence-corrected chi connectivity index (χ3v) is 4.75. The standard InChI is InChI=1S/C24H23N3O6/c1-17(24(29)25-21-15-20(27(30)31)13-14-22(21)32-2)33-23(28)16-26(18-9-5-3-6-10-18)19-11-7-4-8-12-19/h3-15,17H,16H2,1-2H3,(H,25,29). The van der Waals surface area contributed by atoms with E-state index in [-0.39, 0.29) is 23.7 Å². The quantitative estimate of drug-likeness (QED) is 0.294. The smallest absolute Gasteiger partial charge is 0.326 e. The van der Waals surface area contributed by atoms with Gasteiger partial charge in [0.05, 0.1) is 17.7 Å². The number of rotatable bonds is 9. The summed E-state index contributed by atoms with van der Waals surface area (Å²) in [5.41, 5.74) is 1.48. The van der Waals surface area contributed by atoms with E-state index in [1.165, 1.54) is 32.2 Å². The summed E-state index contributed by atoms with van der Waals surface area (Å²) in [7, 11) is 1.38. The summed E-state index contributed by atoms with van der Waals surface area (Å²) < 4.78 is 10.5. The molecule has 1 unspecified atom stereocenters. The van der Waals surface area contributed by atoms with Gasteiger partial charge in [0.1, 0.15) is 12.3 Å². The van der Waals surface area contributed by atoms with Crippen LogP contribution in [0, 0.1) is 10.1 Å². The summed E-state index contributed by atoms with van der Waals surface area (Å²) in [5.74, 6) is -1.02. The number of nitrogens with one attached hydrogen (secondary N) is 1. The van der Waals surface area contributed by atoms with Crippen molar-refractivity contribution in [2.24, 2.45) is 0 Å². The topological polar surface area (TPSA) is 111 Å². The molecule has 9 heteroatoms. The molecular weight excluding hydrogens is 426 g/mol. The molecule has 3 aromatic carbocycles. The van der Waals surface area contributed by atoms with Gasteiger partial charge in [0, 0.05) is 23.5 Å². The molecule has 0 saturated carbocycles. The fourth-order valence-corrected chi connectivity index (χ4v) is 3.11. The lowest BCUT2D eigenvalue weighted by Crippen LogP contribution is -2.34. The fourth-order valence-electron chi connectivity index (χ4n) is 3.11. The Morgan fingerprint density at radius 2 is 1.58 bits per heavy atom. The van der Waals surface area contributed by atoms with Crippen LogP contribution < -0.4 is 15.0 Å². The summed E-state index contributed by atoms with van der Waals surface area (Å²) in [4.78, 5) is 37.5. The van der Waals surface area contributed by atoms with Crippen LogP contribution in [0.5, 0.6) is 5.75 Å². The lowest BCUT2D eigenvalue weighted by molar-refractivity contribution is -0.384. The molecule has 0 aliphatic carbocycles. The van der Waals surface area contributed by atoms with E-state index in [2.05, 4.69) is 5.32 Å². The molecule has 1 N–H and O–H groups in total. The highest BCUT2D eigenvalue weighted by Crippen LogP contribution is 2.29. The number of anilines is 3. The van der Waals surface area contributed by atoms with Crippen LogP contribution in [0.3, 0.4) is 0 Å². The number of para-hydroxylation sites is 2. The molecule has 170 valence electrons. The number of nitro benzene ring substituents is 1. The molecule has 3 aromatic rings. The molecule has 0 spiro atoms. The third kappa shape index (κ3) is 6.07. The Morgan fingerprint density at radius 3 is 2.09 bits per heavy atom. The number of hydrogen-bond acceptors (Lipinski definition) is 7. The predicted molar refractivity (Wildman–Crippen MR) is 124 cm³/mol. The summed E-state index contributed by atoms with van der Waals surface area (Å²) in [5, 5.41) is 13.6. The zero-order chi connectivity index (χ0) is 23.8. The molecule has 0 aliphatic heterocycles. The molecule has 0 saturated heterocycles. The molecule has 1 atom stereocenters. The summed E-state index contributed by atoms with van der Waals surface area (Å²) in [6.07, 6.45) is -1.14. The first-order valence-corrected chi connectivity index (χ1v) is 10.1. The van der Waals surface area contributed by atoms with Gasteiger partial charge in [0.2, 0.25) is 0 Å². The van der Waals surface area contributed by atoms with E-state index in [1.54, 1.807) is 4.90 Å². The molecule has 3 rings (SSSR count). The second-order valence-corrected chi connectivity index (χ2v) is 7.02. The number of methoxy groups -OCH3 is 1. The maximum Gasteiger partial charge on any atom is 0.326 e. The van der Waals surface area contributed by atoms with Crippen LogP contribution in [0.25, 0.3) is 0 Å². The van der Waals surface area contributed by atoms with Crippen LogP contribution in [0.4, 0.5) is 22.7 Å². The van der Waals surface area contributed by atoms with Gasteiger partial charge in [-0.1, -0.05) is 36.4 Å². The summed E-state index contributed by atoms with van der Waals surface area (Å²) in [6.45, 7) is 1.30. The van der Waals surface area contributed by atoms with Crippen LogP contribution in [-0.2, 0) is 14.3 Å². The van der Waals surface area contributed by atoms with Crippen LogP contribution in [0.15, 0.2) is 78.9 Å². The minimum atomic E-state index is -1.14. The van der Waals surface area contributed by atoms with Crippen LogP contribution in [0.1, 0.15) is 6.92 Å². The number of carbonyl (C=O) groups excluding carboxylic acids is 2. The van der Waals surface area contributed by atoms with Crippen molar-refractivity contribution < 1.29 is 24.0 Å². The molecule has 33 heavy (non-hydrogen) atoms. The van der Waals surface area contributed by atoms with E-state index in [0.717, 1.165) is 11.4 Å². The average molecular weight is 449 g/mol. The summed E-state index contributed by atoms with van der Waals surface area (Å²) in [6, 6.07) is 22.5. The molecule has 1 amide bonds. The zero-order valence-electron chi connectivity index (χ0n) is 18.1. The van der Waals surface area contributed by atoms with E-state index in [9.17, 15) is 19.7 Å². The number of hydrogen-bond donors (Lipinski definition) is 1. The summed E-state index contributed by atoms with van der Waals surface area (Å²) >= 11 is 0. The van der Waals surface area contributed by atoms with Crippen molar-refractivity contribution >= 4 is 34.6 Å². The van der Waals surface area contributed by atoms with Crippen LogP contribution in [-0.4, -0.2) is 36.6 Å². The van der Waals surface area contributed by atoms with Crippen molar-refractivity contribution in [3.05, 3.63) is 89.0 Å². The van der Waals surface area contributed by atoms with Gasteiger partial charge in [0.25, 0.3) is 11.6 Å². The molecule has 0 fully saturated rings. The van der Waals surface area contributed by atoms with Crippen molar-refractivity contribution in [2.45, 2.75) is 13.0 Å². The van der Waals surface area contributed by atoms with Gasteiger partial charge in [-0.2, -0.15) is 0 Å². The molecule has 9 nitrogen and oxygen atoms in total. The van der Waals surface area contributed by atoms with Crippen molar-refractivity contribution in [3.63, 3.8) is 0 Å². The Morgan fingerprint density at radius 1 is 1.00 bits per heavy atom. The number of carbonyl (C=O) groups is 2. The highest BCUT2D eigenvalue weighted by molar-refractivity contribution is 5.97. The van der Waals surface area contributed by atoms with Gasteiger partial charge in [-0.05, 0) is 37.3 Å². The number of ether oxygens (including phenoxy) is 2. The number of benzene rings is 3. The Hall–Kier alpha value is -4.40. The highest BCUT2D eigenvalue weighted by atomic mass is 16.6. The van der Waals surface area contributed by atoms with Gasteiger partial charge in [-0.15, -0.1) is 0 Å². The molecule has 0 bridgehead atoms. The van der Waals surface area contributed by atoms with E-state index in [0.29, 0.717) is 0 Å².